The number of aromatic carboxylic acids is 1. The van der Waals surface area contributed by atoms with Gasteiger partial charge in [-0.15, -0.1) is 0 Å². The Morgan fingerprint density at radius 2 is 1.95 bits per heavy atom. The highest BCUT2D eigenvalue weighted by molar-refractivity contribution is 5.89. The van der Waals surface area contributed by atoms with Gasteiger partial charge in [-0.2, -0.15) is 0 Å². The summed E-state index contributed by atoms with van der Waals surface area (Å²) in [6, 6.07) is 3.60. The lowest BCUT2D eigenvalue weighted by Gasteiger charge is -2.17. The first-order valence-electron chi connectivity index (χ1n) is 5.63. The Bertz CT molecular complexity index is 527. The van der Waals surface area contributed by atoms with Crippen LogP contribution in [0.1, 0.15) is 36.7 Å². The van der Waals surface area contributed by atoms with Crippen molar-refractivity contribution in [3.8, 4) is 0 Å². The number of rotatable bonds is 3. The molecule has 1 rings (SSSR count). The fourth-order valence-electron chi connectivity index (χ4n) is 1.31. The molecule has 1 aromatic carbocycles. The van der Waals surface area contributed by atoms with E-state index < -0.39 is 28.9 Å². The van der Waals surface area contributed by atoms with E-state index in [0.29, 0.717) is 5.56 Å². The average molecular weight is 266 g/mol. The zero-order valence-corrected chi connectivity index (χ0v) is 10.9. The summed E-state index contributed by atoms with van der Waals surface area (Å²) in [5, 5.41) is 8.67. The minimum Gasteiger partial charge on any atom is -0.478 e. The van der Waals surface area contributed by atoms with Crippen LogP contribution in [-0.2, 0) is 9.53 Å². The molecule has 0 aliphatic carbocycles. The summed E-state index contributed by atoms with van der Waals surface area (Å²) in [4.78, 5) is 22.0. The van der Waals surface area contributed by atoms with E-state index in [1.165, 1.54) is 18.2 Å². The van der Waals surface area contributed by atoms with Gasteiger partial charge >= 0.3 is 11.9 Å². The van der Waals surface area contributed by atoms with E-state index in [1.807, 2.05) is 0 Å². The molecule has 0 heterocycles. The second-order valence-corrected chi connectivity index (χ2v) is 4.91. The quantitative estimate of drug-likeness (QED) is 0.675. The molecular weight excluding hydrogens is 251 g/mol. The van der Waals surface area contributed by atoms with Crippen molar-refractivity contribution in [3.63, 3.8) is 0 Å². The van der Waals surface area contributed by atoms with Crippen LogP contribution < -0.4 is 0 Å². The molecule has 4 nitrogen and oxygen atoms in total. The molecule has 0 aromatic heterocycles. The van der Waals surface area contributed by atoms with Crippen LogP contribution in [0, 0.1) is 5.82 Å². The van der Waals surface area contributed by atoms with Gasteiger partial charge < -0.3 is 9.84 Å². The normalized spacial score (nSPS) is 11.6. The Labute approximate surface area is 110 Å². The highest BCUT2D eigenvalue weighted by Gasteiger charge is 2.14. The van der Waals surface area contributed by atoms with Gasteiger partial charge in [0.2, 0.25) is 0 Å². The molecule has 0 amide bonds. The molecule has 1 aromatic rings. The van der Waals surface area contributed by atoms with Crippen molar-refractivity contribution in [2.75, 3.05) is 0 Å². The zero-order valence-electron chi connectivity index (χ0n) is 10.9. The maximum atomic E-state index is 13.4. The van der Waals surface area contributed by atoms with Crippen molar-refractivity contribution in [2.45, 2.75) is 26.4 Å². The largest absolute Gasteiger partial charge is 0.478 e. The highest BCUT2D eigenvalue weighted by atomic mass is 19.1. The lowest BCUT2D eigenvalue weighted by atomic mass is 10.1. The molecular formula is C14H15FO4. The lowest BCUT2D eigenvalue weighted by Crippen LogP contribution is -2.22. The van der Waals surface area contributed by atoms with Crippen molar-refractivity contribution in [1.29, 1.82) is 0 Å². The molecule has 5 heteroatoms. The van der Waals surface area contributed by atoms with Gasteiger partial charge in [0.05, 0.1) is 5.56 Å². The Morgan fingerprint density at radius 3 is 2.42 bits per heavy atom. The van der Waals surface area contributed by atoms with Crippen LogP contribution in [0.15, 0.2) is 24.3 Å². The van der Waals surface area contributed by atoms with E-state index >= 15 is 0 Å². The number of carboxylic acids is 1. The van der Waals surface area contributed by atoms with E-state index in [0.717, 1.165) is 12.1 Å². The molecule has 0 radical (unpaired) electrons. The fraction of sp³-hybridized carbons (Fsp3) is 0.286. The maximum Gasteiger partial charge on any atom is 0.338 e. The van der Waals surface area contributed by atoms with Crippen molar-refractivity contribution >= 4 is 18.0 Å². The monoisotopic (exact) mass is 266 g/mol. The third-order valence-corrected chi connectivity index (χ3v) is 2.04. The highest BCUT2D eigenvalue weighted by Crippen LogP contribution is 2.13. The van der Waals surface area contributed by atoms with Gasteiger partial charge in [-0.05, 0) is 44.5 Å². The first kappa shape index (κ1) is 14.9. The number of benzene rings is 1. The van der Waals surface area contributed by atoms with Crippen LogP contribution in [0.3, 0.4) is 0 Å². The van der Waals surface area contributed by atoms with E-state index in [9.17, 15) is 14.0 Å². The van der Waals surface area contributed by atoms with Crippen LogP contribution in [0.2, 0.25) is 0 Å². The molecule has 0 fully saturated rings. The second-order valence-electron chi connectivity index (χ2n) is 4.91. The Morgan fingerprint density at radius 1 is 1.32 bits per heavy atom. The summed E-state index contributed by atoms with van der Waals surface area (Å²) in [5.41, 5.74) is -0.623. The summed E-state index contributed by atoms with van der Waals surface area (Å²) in [7, 11) is 0. The topological polar surface area (TPSA) is 63.6 Å². The van der Waals surface area contributed by atoms with Gasteiger partial charge in [0, 0.05) is 6.08 Å². The number of halogens is 1. The number of hydrogen-bond acceptors (Lipinski definition) is 3. The summed E-state index contributed by atoms with van der Waals surface area (Å²) in [6.07, 6.45) is 2.53. The van der Waals surface area contributed by atoms with Crippen molar-refractivity contribution < 1.29 is 23.8 Å². The minimum absolute atomic E-state index is 0.383. The Hall–Kier alpha value is -2.17. The first-order chi connectivity index (χ1) is 8.69. The molecule has 1 N–H and O–H groups in total. The predicted molar refractivity (Wildman–Crippen MR) is 68.2 cm³/mol. The molecule has 0 bridgehead atoms. The van der Waals surface area contributed by atoms with Crippen molar-refractivity contribution in [1.82, 2.24) is 0 Å². The maximum absolute atomic E-state index is 13.4. The summed E-state index contributed by atoms with van der Waals surface area (Å²) >= 11 is 0. The number of ether oxygens (including phenoxy) is 1. The van der Waals surface area contributed by atoms with Gasteiger partial charge in [0.25, 0.3) is 0 Å². The summed E-state index contributed by atoms with van der Waals surface area (Å²) in [6.45, 7) is 5.21. The molecule has 102 valence electrons. The number of carboxylic acid groups (broad SMARTS) is 1. The van der Waals surface area contributed by atoms with Gasteiger partial charge in [0.15, 0.2) is 0 Å². The smallest absolute Gasteiger partial charge is 0.338 e. The summed E-state index contributed by atoms with van der Waals surface area (Å²) < 4.78 is 18.4. The van der Waals surface area contributed by atoms with Gasteiger partial charge in [-0.3, -0.25) is 0 Å². The van der Waals surface area contributed by atoms with Crippen LogP contribution in [-0.4, -0.2) is 22.6 Å². The van der Waals surface area contributed by atoms with Crippen LogP contribution >= 0.6 is 0 Å². The van der Waals surface area contributed by atoms with Gasteiger partial charge in [0.1, 0.15) is 11.4 Å². The number of hydrogen-bond donors (Lipinski definition) is 1. The third-order valence-electron chi connectivity index (χ3n) is 2.04. The minimum atomic E-state index is -1.33. The average Bonchev–Trinajstić information content (AvgIpc) is 2.23. The molecule has 0 aliphatic rings. The molecule has 0 aliphatic heterocycles. The number of carbonyl (C=O) groups is 2. The molecule has 0 saturated heterocycles. The standard InChI is InChI=1S/C14H15FO4/c1-14(2,3)19-12(16)7-5-9-4-6-10(13(17)18)11(15)8-9/h4-8H,1-3H3,(H,17,18). The van der Waals surface area contributed by atoms with Crippen LogP contribution in [0.25, 0.3) is 6.08 Å². The Balaban J connectivity index is 2.81. The number of carbonyl (C=O) groups excluding carboxylic acids is 1. The molecule has 0 unspecified atom stereocenters. The zero-order chi connectivity index (χ0) is 14.6. The fourth-order valence-corrected chi connectivity index (χ4v) is 1.31. The number of esters is 1. The van der Waals surface area contributed by atoms with Crippen LogP contribution in [0.5, 0.6) is 0 Å². The van der Waals surface area contributed by atoms with E-state index in [1.54, 1.807) is 20.8 Å². The van der Waals surface area contributed by atoms with E-state index in [2.05, 4.69) is 0 Å². The predicted octanol–water partition coefficient (Wildman–Crippen LogP) is 2.88. The third kappa shape index (κ3) is 4.91. The summed E-state index contributed by atoms with van der Waals surface area (Å²) in [5.74, 6) is -2.73. The van der Waals surface area contributed by atoms with E-state index in [4.69, 9.17) is 9.84 Å². The second kappa shape index (κ2) is 5.65. The van der Waals surface area contributed by atoms with Crippen LogP contribution in [0.4, 0.5) is 4.39 Å². The molecule has 0 spiro atoms. The van der Waals surface area contributed by atoms with Crippen molar-refractivity contribution in [2.24, 2.45) is 0 Å². The molecule has 0 atom stereocenters. The van der Waals surface area contributed by atoms with Gasteiger partial charge in [-0.25, -0.2) is 14.0 Å². The first-order valence-corrected chi connectivity index (χ1v) is 5.63. The Kier molecular flexibility index (Phi) is 4.43. The molecule has 0 saturated carbocycles. The SMILES string of the molecule is CC(C)(C)OC(=O)C=Cc1ccc(C(=O)O)c(F)c1. The van der Waals surface area contributed by atoms with Crippen molar-refractivity contribution in [3.05, 3.63) is 41.2 Å². The lowest BCUT2D eigenvalue weighted by molar-refractivity contribution is -0.148. The molecule has 19 heavy (non-hydrogen) atoms. The van der Waals surface area contributed by atoms with E-state index in [-0.39, 0.29) is 0 Å². The van der Waals surface area contributed by atoms with Gasteiger partial charge in [-0.1, -0.05) is 6.07 Å².